The molecule has 2 aliphatic rings. The number of piperidine rings is 1. The molecule has 1 aromatic rings. The molecule has 2 N–H and O–H groups in total. The van der Waals surface area contributed by atoms with Gasteiger partial charge in [0.25, 0.3) is 5.91 Å². The predicted molar refractivity (Wildman–Crippen MR) is 73.3 cm³/mol. The van der Waals surface area contributed by atoms with Gasteiger partial charge in [0, 0.05) is 24.7 Å². The van der Waals surface area contributed by atoms with Gasteiger partial charge in [0.15, 0.2) is 0 Å². The standard InChI is InChI=1S/C15H20N2O2/c1-10-4-5-11(7-14(10)18)15(19)17-8-12-3-2-6-16-13(12)9-17/h4-5,7,12-13,16,18H,2-3,6,8-9H2,1H3. The molecular formula is C15H20N2O2. The van der Waals surface area contributed by atoms with E-state index in [9.17, 15) is 9.90 Å². The Morgan fingerprint density at radius 3 is 3.00 bits per heavy atom. The number of phenolic OH excluding ortho intramolecular Hbond substituents is 1. The van der Waals surface area contributed by atoms with E-state index in [1.165, 1.54) is 12.8 Å². The van der Waals surface area contributed by atoms with Gasteiger partial charge >= 0.3 is 0 Å². The van der Waals surface area contributed by atoms with Crippen LogP contribution >= 0.6 is 0 Å². The monoisotopic (exact) mass is 260 g/mol. The summed E-state index contributed by atoms with van der Waals surface area (Å²) in [6.45, 7) is 4.52. The molecule has 0 saturated carbocycles. The van der Waals surface area contributed by atoms with Crippen LogP contribution in [0.5, 0.6) is 5.75 Å². The maximum atomic E-state index is 12.4. The molecule has 2 heterocycles. The van der Waals surface area contributed by atoms with E-state index >= 15 is 0 Å². The number of aromatic hydroxyl groups is 1. The summed E-state index contributed by atoms with van der Waals surface area (Å²) >= 11 is 0. The van der Waals surface area contributed by atoms with E-state index in [0.717, 1.165) is 25.2 Å². The Balaban J connectivity index is 1.75. The average molecular weight is 260 g/mol. The number of rotatable bonds is 1. The van der Waals surface area contributed by atoms with E-state index in [1.54, 1.807) is 18.2 Å². The minimum absolute atomic E-state index is 0.0338. The van der Waals surface area contributed by atoms with Crippen molar-refractivity contribution in [2.75, 3.05) is 19.6 Å². The topological polar surface area (TPSA) is 52.6 Å². The number of amides is 1. The zero-order valence-corrected chi connectivity index (χ0v) is 11.2. The summed E-state index contributed by atoms with van der Waals surface area (Å²) in [5.74, 6) is 0.823. The molecule has 102 valence electrons. The average Bonchev–Trinajstić information content (AvgIpc) is 2.85. The van der Waals surface area contributed by atoms with Gasteiger partial charge in [0.2, 0.25) is 0 Å². The van der Waals surface area contributed by atoms with Crippen molar-refractivity contribution in [2.24, 2.45) is 5.92 Å². The third-order valence-electron chi connectivity index (χ3n) is 4.34. The summed E-state index contributed by atoms with van der Waals surface area (Å²) in [6.07, 6.45) is 2.41. The number of carbonyl (C=O) groups is 1. The molecule has 19 heavy (non-hydrogen) atoms. The first kappa shape index (κ1) is 12.5. The highest BCUT2D eigenvalue weighted by atomic mass is 16.3. The molecule has 0 bridgehead atoms. The quantitative estimate of drug-likeness (QED) is 0.805. The summed E-state index contributed by atoms with van der Waals surface area (Å²) in [7, 11) is 0. The van der Waals surface area contributed by atoms with Crippen molar-refractivity contribution in [1.29, 1.82) is 0 Å². The second kappa shape index (κ2) is 4.85. The van der Waals surface area contributed by atoms with Crippen molar-refractivity contribution in [3.05, 3.63) is 29.3 Å². The molecule has 2 saturated heterocycles. The fraction of sp³-hybridized carbons (Fsp3) is 0.533. The fourth-order valence-corrected chi connectivity index (χ4v) is 3.14. The number of likely N-dealkylation sites (tertiary alicyclic amines) is 1. The molecule has 4 heteroatoms. The van der Waals surface area contributed by atoms with Crippen LogP contribution in [0.2, 0.25) is 0 Å². The highest BCUT2D eigenvalue weighted by Gasteiger charge is 2.36. The highest BCUT2D eigenvalue weighted by Crippen LogP contribution is 2.27. The van der Waals surface area contributed by atoms with Gasteiger partial charge in [-0.3, -0.25) is 4.79 Å². The Morgan fingerprint density at radius 2 is 2.26 bits per heavy atom. The zero-order valence-electron chi connectivity index (χ0n) is 11.2. The van der Waals surface area contributed by atoms with E-state index in [0.29, 0.717) is 17.5 Å². The van der Waals surface area contributed by atoms with Gasteiger partial charge in [-0.15, -0.1) is 0 Å². The van der Waals surface area contributed by atoms with E-state index in [4.69, 9.17) is 0 Å². The van der Waals surface area contributed by atoms with Crippen LogP contribution in [0.1, 0.15) is 28.8 Å². The van der Waals surface area contributed by atoms with E-state index < -0.39 is 0 Å². The van der Waals surface area contributed by atoms with Gasteiger partial charge in [-0.2, -0.15) is 0 Å². The van der Waals surface area contributed by atoms with Crippen LogP contribution in [0.15, 0.2) is 18.2 Å². The third kappa shape index (κ3) is 2.32. The SMILES string of the molecule is Cc1ccc(C(=O)N2CC3CCCNC3C2)cc1O. The number of carbonyl (C=O) groups excluding carboxylic acids is 1. The Kier molecular flexibility index (Phi) is 3.19. The fourth-order valence-electron chi connectivity index (χ4n) is 3.14. The lowest BCUT2D eigenvalue weighted by molar-refractivity contribution is 0.0785. The van der Waals surface area contributed by atoms with Gasteiger partial charge in [-0.25, -0.2) is 0 Å². The first-order chi connectivity index (χ1) is 9.15. The van der Waals surface area contributed by atoms with Crippen LogP contribution in [0, 0.1) is 12.8 Å². The molecule has 3 rings (SSSR count). The Hall–Kier alpha value is -1.55. The number of hydrogen-bond donors (Lipinski definition) is 2. The molecule has 0 spiro atoms. The van der Waals surface area contributed by atoms with Crippen LogP contribution < -0.4 is 5.32 Å². The van der Waals surface area contributed by atoms with Crippen molar-refractivity contribution in [2.45, 2.75) is 25.8 Å². The van der Waals surface area contributed by atoms with Crippen LogP contribution in [0.25, 0.3) is 0 Å². The minimum Gasteiger partial charge on any atom is -0.508 e. The maximum Gasteiger partial charge on any atom is 0.254 e. The van der Waals surface area contributed by atoms with Crippen molar-refractivity contribution in [3.8, 4) is 5.75 Å². The van der Waals surface area contributed by atoms with Crippen LogP contribution in [0.4, 0.5) is 0 Å². The third-order valence-corrected chi connectivity index (χ3v) is 4.34. The lowest BCUT2D eigenvalue weighted by Gasteiger charge is -2.24. The van der Waals surface area contributed by atoms with Gasteiger partial charge in [-0.05, 0) is 49.9 Å². The molecule has 0 radical (unpaired) electrons. The number of nitrogens with zero attached hydrogens (tertiary/aromatic N) is 1. The lowest BCUT2D eigenvalue weighted by atomic mass is 9.94. The predicted octanol–water partition coefficient (Wildman–Crippen LogP) is 1.52. The highest BCUT2D eigenvalue weighted by molar-refractivity contribution is 5.95. The van der Waals surface area contributed by atoms with Gasteiger partial charge < -0.3 is 15.3 Å². The zero-order chi connectivity index (χ0) is 13.4. The summed E-state index contributed by atoms with van der Waals surface area (Å²) in [6, 6.07) is 5.63. The summed E-state index contributed by atoms with van der Waals surface area (Å²) in [4.78, 5) is 14.4. The maximum absolute atomic E-state index is 12.4. The number of aryl methyl sites for hydroxylation is 1. The molecule has 2 fully saturated rings. The Labute approximate surface area is 113 Å². The Bertz CT molecular complexity index is 487. The normalized spacial score (nSPS) is 26.3. The molecule has 2 atom stereocenters. The molecular weight excluding hydrogens is 240 g/mol. The number of fused-ring (bicyclic) bond motifs is 1. The molecule has 4 nitrogen and oxygen atoms in total. The molecule has 2 aliphatic heterocycles. The summed E-state index contributed by atoms with van der Waals surface area (Å²) < 4.78 is 0. The summed E-state index contributed by atoms with van der Waals surface area (Å²) in [5.41, 5.74) is 1.38. The molecule has 1 aromatic carbocycles. The molecule has 0 aliphatic carbocycles. The minimum atomic E-state index is 0.0338. The van der Waals surface area contributed by atoms with E-state index in [2.05, 4.69) is 5.32 Å². The van der Waals surface area contributed by atoms with E-state index in [1.807, 2.05) is 11.8 Å². The second-order valence-electron chi connectivity index (χ2n) is 5.67. The first-order valence-electron chi connectivity index (χ1n) is 6.97. The van der Waals surface area contributed by atoms with Gasteiger partial charge in [0.1, 0.15) is 5.75 Å². The molecule has 1 amide bonds. The molecule has 0 aromatic heterocycles. The largest absolute Gasteiger partial charge is 0.508 e. The first-order valence-corrected chi connectivity index (χ1v) is 6.97. The number of nitrogens with one attached hydrogen (secondary N) is 1. The van der Waals surface area contributed by atoms with Crippen LogP contribution in [-0.2, 0) is 0 Å². The summed E-state index contributed by atoms with van der Waals surface area (Å²) in [5, 5.41) is 13.2. The smallest absolute Gasteiger partial charge is 0.254 e. The van der Waals surface area contributed by atoms with Crippen molar-refractivity contribution in [3.63, 3.8) is 0 Å². The number of phenols is 1. The van der Waals surface area contributed by atoms with Crippen molar-refractivity contribution in [1.82, 2.24) is 10.2 Å². The number of benzene rings is 1. The van der Waals surface area contributed by atoms with Crippen molar-refractivity contribution >= 4 is 5.91 Å². The lowest BCUT2D eigenvalue weighted by Crippen LogP contribution is -2.41. The number of hydrogen-bond acceptors (Lipinski definition) is 3. The van der Waals surface area contributed by atoms with Crippen LogP contribution in [-0.4, -0.2) is 41.6 Å². The van der Waals surface area contributed by atoms with Gasteiger partial charge in [-0.1, -0.05) is 6.07 Å². The van der Waals surface area contributed by atoms with E-state index in [-0.39, 0.29) is 11.7 Å². The second-order valence-corrected chi connectivity index (χ2v) is 5.67. The molecule has 2 unspecified atom stereocenters. The Morgan fingerprint density at radius 1 is 1.42 bits per heavy atom. The van der Waals surface area contributed by atoms with Crippen LogP contribution in [0.3, 0.4) is 0 Å². The van der Waals surface area contributed by atoms with Crippen molar-refractivity contribution < 1.29 is 9.90 Å². The van der Waals surface area contributed by atoms with Gasteiger partial charge in [0.05, 0.1) is 0 Å².